The van der Waals surface area contributed by atoms with Gasteiger partial charge in [0.25, 0.3) is 23.6 Å². The van der Waals surface area contributed by atoms with Crippen LogP contribution in [0.25, 0.3) is 29.4 Å². The Morgan fingerprint density at radius 3 is 1.86 bits per heavy atom. The molecule has 2 N–H and O–H groups in total. The van der Waals surface area contributed by atoms with Gasteiger partial charge < -0.3 is 0 Å². The van der Waals surface area contributed by atoms with Crippen molar-refractivity contribution in [3.05, 3.63) is 133 Å². The Balaban J connectivity index is 1.52. The number of hydrogen-bond donors (Lipinski definition) is 2. The number of benzene rings is 2. The largest absolute Gasteiger partial charge is 0.288 e. The molecular formula is C34H27ClN2O4S2. The molecule has 0 aliphatic heterocycles. The summed E-state index contributed by atoms with van der Waals surface area (Å²) >= 11 is 8.85. The molecule has 4 aromatic rings. The van der Waals surface area contributed by atoms with Gasteiger partial charge in [-0.1, -0.05) is 66.7 Å². The fourth-order valence-electron chi connectivity index (χ4n) is 3.82. The maximum atomic E-state index is 13.2. The Hall–Kier alpha value is -4.63. The fourth-order valence-corrected chi connectivity index (χ4v) is 5.35. The highest BCUT2D eigenvalue weighted by molar-refractivity contribution is 7.11. The van der Waals surface area contributed by atoms with Gasteiger partial charge in [0, 0.05) is 31.5 Å². The molecular weight excluding hydrogens is 600 g/mol. The van der Waals surface area contributed by atoms with Crippen LogP contribution in [0.2, 0.25) is 5.02 Å². The lowest BCUT2D eigenvalue weighted by Crippen LogP contribution is -2.31. The lowest BCUT2D eigenvalue weighted by molar-refractivity contribution is -0.126. The average molecular weight is 627 g/mol. The van der Waals surface area contributed by atoms with Crippen LogP contribution in [-0.2, 0) is 19.2 Å². The molecule has 0 bridgehead atoms. The quantitative estimate of drug-likeness (QED) is 0.188. The molecule has 4 amide bonds. The second kappa shape index (κ2) is 14.5. The average Bonchev–Trinajstić information content (AvgIpc) is 3.71. The maximum Gasteiger partial charge on any atom is 0.259 e. The molecule has 216 valence electrons. The Kier molecular flexibility index (Phi) is 10.6. The van der Waals surface area contributed by atoms with Gasteiger partial charge >= 0.3 is 0 Å². The van der Waals surface area contributed by atoms with E-state index in [0.717, 1.165) is 15.3 Å². The monoisotopic (exact) mass is 626 g/mol. The van der Waals surface area contributed by atoms with Crippen molar-refractivity contribution in [2.45, 2.75) is 13.8 Å². The van der Waals surface area contributed by atoms with Crippen molar-refractivity contribution in [1.29, 1.82) is 0 Å². The van der Waals surface area contributed by atoms with Gasteiger partial charge in [-0.25, -0.2) is 0 Å². The molecule has 43 heavy (non-hydrogen) atoms. The molecule has 0 spiro atoms. The zero-order valence-corrected chi connectivity index (χ0v) is 25.7. The van der Waals surface area contributed by atoms with Crippen molar-refractivity contribution >= 4 is 87.3 Å². The number of nitrogens with one attached hydrogen (secondary N) is 2. The third-order valence-corrected chi connectivity index (χ3v) is 8.07. The van der Waals surface area contributed by atoms with E-state index in [1.54, 1.807) is 73.7 Å². The van der Waals surface area contributed by atoms with Crippen molar-refractivity contribution in [1.82, 2.24) is 10.6 Å². The summed E-state index contributed by atoms with van der Waals surface area (Å²) in [5.74, 6) is -2.16. The third kappa shape index (κ3) is 8.68. The highest BCUT2D eigenvalue weighted by Crippen LogP contribution is 2.25. The first-order chi connectivity index (χ1) is 20.6. The summed E-state index contributed by atoms with van der Waals surface area (Å²) in [6.07, 6.45) is 5.07. The minimum Gasteiger partial charge on any atom is -0.288 e. The van der Waals surface area contributed by atoms with E-state index in [1.807, 2.05) is 35.0 Å². The number of rotatable bonds is 9. The van der Waals surface area contributed by atoms with Crippen LogP contribution in [-0.4, -0.2) is 23.6 Å². The summed E-state index contributed by atoms with van der Waals surface area (Å²) in [5.41, 5.74) is 3.25. The van der Waals surface area contributed by atoms with Crippen LogP contribution in [0.3, 0.4) is 0 Å². The van der Waals surface area contributed by atoms with Gasteiger partial charge in [-0.15, -0.1) is 22.7 Å². The van der Waals surface area contributed by atoms with Crippen LogP contribution in [0, 0.1) is 0 Å². The van der Waals surface area contributed by atoms with Crippen molar-refractivity contribution in [2.75, 3.05) is 0 Å². The molecule has 0 unspecified atom stereocenters. The predicted molar refractivity (Wildman–Crippen MR) is 177 cm³/mol. The van der Waals surface area contributed by atoms with E-state index in [-0.39, 0.29) is 5.57 Å². The molecule has 0 fully saturated rings. The number of carbonyl (C=O) groups excluding carboxylic acids is 4. The normalized spacial score (nSPS) is 12.0. The van der Waals surface area contributed by atoms with Crippen LogP contribution in [0.1, 0.15) is 40.3 Å². The minimum absolute atomic E-state index is 0.222. The van der Waals surface area contributed by atoms with Gasteiger partial charge in [-0.2, -0.15) is 0 Å². The van der Waals surface area contributed by atoms with Crippen molar-refractivity contribution in [3.63, 3.8) is 0 Å². The van der Waals surface area contributed by atoms with E-state index in [2.05, 4.69) is 17.2 Å². The van der Waals surface area contributed by atoms with Gasteiger partial charge in [0.1, 0.15) is 0 Å². The first-order valence-electron chi connectivity index (χ1n) is 13.0. The zero-order valence-electron chi connectivity index (χ0n) is 23.3. The number of carbonyl (C=O) groups is 4. The van der Waals surface area contributed by atoms with Gasteiger partial charge in [-0.05, 0) is 83.8 Å². The number of amides is 4. The Bertz CT molecular complexity index is 1750. The second-order valence-electron chi connectivity index (χ2n) is 9.46. The predicted octanol–water partition coefficient (Wildman–Crippen LogP) is 7.51. The van der Waals surface area contributed by atoms with E-state index in [0.29, 0.717) is 32.9 Å². The van der Waals surface area contributed by atoms with E-state index in [9.17, 15) is 19.2 Å². The first-order valence-corrected chi connectivity index (χ1v) is 15.2. The third-order valence-electron chi connectivity index (χ3n) is 6.09. The molecule has 0 radical (unpaired) electrons. The molecule has 0 saturated carbocycles. The summed E-state index contributed by atoms with van der Waals surface area (Å²) in [7, 11) is 0. The summed E-state index contributed by atoms with van der Waals surface area (Å²) in [5, 5.41) is 9.18. The Labute approximate surface area is 262 Å². The van der Waals surface area contributed by atoms with E-state index in [1.165, 1.54) is 29.6 Å². The SMILES string of the molecule is C=C(C)C(=O)NC(=O)/C(=C/c1cccs1)c1ccc(/C=C(/C)C(=O)NC(=O)/C(=C\c2ccc(Cl)cc2)c2cccs2)cc1. The summed E-state index contributed by atoms with van der Waals surface area (Å²) in [6, 6.07) is 21.4. The van der Waals surface area contributed by atoms with Crippen molar-refractivity contribution in [3.8, 4) is 0 Å². The molecule has 0 saturated heterocycles. The number of hydrogen-bond acceptors (Lipinski definition) is 6. The summed E-state index contributed by atoms with van der Waals surface area (Å²) in [4.78, 5) is 52.8. The van der Waals surface area contributed by atoms with Crippen LogP contribution in [0.5, 0.6) is 0 Å². The fraction of sp³-hybridized carbons (Fsp3) is 0.0588. The molecule has 6 nitrogen and oxygen atoms in total. The Morgan fingerprint density at radius 2 is 1.26 bits per heavy atom. The number of halogens is 1. The van der Waals surface area contributed by atoms with E-state index < -0.39 is 23.6 Å². The molecule has 2 aromatic heterocycles. The standard InChI is InChI=1S/C34H27ClN2O4S2/c1-21(2)31(38)36-33(40)28(20-27-6-4-16-42-27)25-12-8-23(9-13-25)18-22(3)32(39)37-34(41)29(30-7-5-17-43-30)19-24-10-14-26(35)15-11-24/h4-20H,1H2,2-3H3,(H,36,38,40)(H,37,39,41)/b22-18-,28-20+,29-19-. The van der Waals surface area contributed by atoms with E-state index >= 15 is 0 Å². The smallest absolute Gasteiger partial charge is 0.259 e. The van der Waals surface area contributed by atoms with Crippen LogP contribution < -0.4 is 10.6 Å². The maximum absolute atomic E-state index is 13.2. The van der Waals surface area contributed by atoms with Gasteiger partial charge in [0.2, 0.25) is 0 Å². The van der Waals surface area contributed by atoms with Gasteiger partial charge in [0.15, 0.2) is 0 Å². The lowest BCUT2D eigenvalue weighted by Gasteiger charge is -2.10. The molecule has 4 rings (SSSR count). The highest BCUT2D eigenvalue weighted by Gasteiger charge is 2.18. The zero-order chi connectivity index (χ0) is 30.9. The Morgan fingerprint density at radius 1 is 0.674 bits per heavy atom. The van der Waals surface area contributed by atoms with Crippen LogP contribution >= 0.6 is 34.3 Å². The molecule has 2 heterocycles. The van der Waals surface area contributed by atoms with Crippen molar-refractivity contribution < 1.29 is 19.2 Å². The van der Waals surface area contributed by atoms with Crippen LogP contribution in [0.4, 0.5) is 0 Å². The highest BCUT2D eigenvalue weighted by atomic mass is 35.5. The topological polar surface area (TPSA) is 92.3 Å². The van der Waals surface area contributed by atoms with Crippen LogP contribution in [0.15, 0.2) is 101 Å². The minimum atomic E-state index is -0.553. The first kappa shape index (κ1) is 31.3. The number of thiophene rings is 2. The summed E-state index contributed by atoms with van der Waals surface area (Å²) in [6.45, 7) is 6.72. The van der Waals surface area contributed by atoms with Crippen molar-refractivity contribution in [2.24, 2.45) is 0 Å². The number of imide groups is 2. The second-order valence-corrected chi connectivity index (χ2v) is 11.8. The molecule has 0 aliphatic rings. The van der Waals surface area contributed by atoms with Gasteiger partial charge in [0.05, 0.1) is 5.57 Å². The van der Waals surface area contributed by atoms with Gasteiger partial charge in [-0.3, -0.25) is 29.8 Å². The molecule has 0 atom stereocenters. The summed E-state index contributed by atoms with van der Waals surface area (Å²) < 4.78 is 0. The molecule has 9 heteroatoms. The molecule has 2 aromatic carbocycles. The molecule has 0 aliphatic carbocycles. The van der Waals surface area contributed by atoms with E-state index in [4.69, 9.17) is 11.6 Å². The lowest BCUT2D eigenvalue weighted by atomic mass is 10.0.